The Morgan fingerprint density at radius 2 is 1.71 bits per heavy atom. The maximum atomic E-state index is 14.4. The average Bonchev–Trinajstić information content (AvgIpc) is 3.65. The highest BCUT2D eigenvalue weighted by Crippen LogP contribution is 2.63. The number of phenolic OH excluding ortho intramolecular Hbond substituents is 1. The van der Waals surface area contributed by atoms with E-state index in [1.54, 1.807) is 50.2 Å². The number of aromatic nitrogens is 1. The first-order valence-corrected chi connectivity index (χ1v) is 16.7. The van der Waals surface area contributed by atoms with E-state index in [-0.39, 0.29) is 46.3 Å². The number of amides is 2. The van der Waals surface area contributed by atoms with E-state index in [4.69, 9.17) is 20.8 Å². The van der Waals surface area contributed by atoms with Crippen LogP contribution in [0.2, 0.25) is 5.02 Å². The van der Waals surface area contributed by atoms with Gasteiger partial charge in [-0.25, -0.2) is 4.98 Å². The molecule has 1 aliphatic heterocycles. The van der Waals surface area contributed by atoms with Crippen molar-refractivity contribution in [3.05, 3.63) is 94.0 Å². The predicted molar refractivity (Wildman–Crippen MR) is 182 cm³/mol. The third kappa shape index (κ3) is 4.34. The number of hydrogen-bond acceptors (Lipinski definition) is 8. The van der Waals surface area contributed by atoms with Crippen molar-refractivity contribution in [1.82, 2.24) is 4.98 Å². The minimum Gasteiger partial charge on any atom is -0.503 e. The van der Waals surface area contributed by atoms with Gasteiger partial charge >= 0.3 is 0 Å². The number of nitrogens with zero attached hydrogens (tertiary/aromatic N) is 2. The van der Waals surface area contributed by atoms with Gasteiger partial charge in [-0.05, 0) is 97.8 Å². The summed E-state index contributed by atoms with van der Waals surface area (Å²) in [4.78, 5) is 62.6. The molecule has 2 fully saturated rings. The van der Waals surface area contributed by atoms with Gasteiger partial charge < -0.3 is 14.3 Å². The number of carbonyl (C=O) groups excluding carboxylic acids is 4. The number of ether oxygens (including phenoxy) is 1. The van der Waals surface area contributed by atoms with Gasteiger partial charge in [0.2, 0.25) is 17.7 Å². The molecular weight excluding hydrogens is 644 g/mol. The number of halogens is 1. The molecule has 4 aliphatic rings. The van der Waals surface area contributed by atoms with Crippen molar-refractivity contribution in [2.24, 2.45) is 29.1 Å². The number of allylic oxidation sites excluding steroid dienone is 4. The first-order chi connectivity index (χ1) is 23.4. The molecule has 4 aromatic rings. The molecule has 2 amide bonds. The normalized spacial score (nSPS) is 28.1. The fourth-order valence-corrected chi connectivity index (χ4v) is 9.10. The van der Waals surface area contributed by atoms with E-state index in [9.17, 15) is 24.3 Å². The molecule has 2 heterocycles. The predicted octanol–water partition coefficient (Wildman–Crippen LogP) is 7.21. The Labute approximate surface area is 287 Å². The Balaban J connectivity index is 1.19. The Bertz CT molecular complexity index is 2160. The minimum atomic E-state index is -1.19. The molecule has 1 aromatic heterocycles. The van der Waals surface area contributed by atoms with E-state index in [1.165, 1.54) is 12.0 Å². The number of para-hydroxylation sites is 2. The summed E-state index contributed by atoms with van der Waals surface area (Å²) in [5.74, 6) is -3.77. The number of oxazole rings is 1. The highest BCUT2D eigenvalue weighted by molar-refractivity contribution is 6.32. The van der Waals surface area contributed by atoms with E-state index in [0.717, 1.165) is 11.1 Å². The second-order valence-corrected chi connectivity index (χ2v) is 14.1. The van der Waals surface area contributed by atoms with Gasteiger partial charge in [-0.2, -0.15) is 0 Å². The minimum absolute atomic E-state index is 0.0449. The van der Waals surface area contributed by atoms with Crippen molar-refractivity contribution in [2.75, 3.05) is 12.0 Å². The summed E-state index contributed by atoms with van der Waals surface area (Å²) in [6.45, 7) is 5.18. The van der Waals surface area contributed by atoms with E-state index < -0.39 is 35.0 Å². The van der Waals surface area contributed by atoms with Gasteiger partial charge in [0.1, 0.15) is 5.52 Å². The number of anilines is 1. The summed E-state index contributed by atoms with van der Waals surface area (Å²) < 4.78 is 11.3. The fraction of sp³-hybridized carbons (Fsp3) is 0.308. The second kappa shape index (κ2) is 11.0. The Kier molecular flexibility index (Phi) is 7.02. The van der Waals surface area contributed by atoms with Crippen LogP contribution in [0.5, 0.6) is 11.5 Å². The lowest BCUT2D eigenvalue weighted by atomic mass is 9.46. The number of benzene rings is 3. The van der Waals surface area contributed by atoms with Crippen LogP contribution in [-0.4, -0.2) is 40.6 Å². The second-order valence-electron chi connectivity index (χ2n) is 13.7. The van der Waals surface area contributed by atoms with Crippen molar-refractivity contribution in [3.63, 3.8) is 0 Å². The summed E-state index contributed by atoms with van der Waals surface area (Å²) >= 11 is 6.49. The highest BCUT2D eigenvalue weighted by atomic mass is 35.5. The molecule has 6 atom stereocenters. The first-order valence-electron chi connectivity index (χ1n) is 16.3. The lowest BCUT2D eigenvalue weighted by Crippen LogP contribution is -2.55. The summed E-state index contributed by atoms with van der Waals surface area (Å²) in [6.07, 6.45) is 2.53. The summed E-state index contributed by atoms with van der Waals surface area (Å²) in [6, 6.07) is 17.7. The summed E-state index contributed by atoms with van der Waals surface area (Å²) in [5.41, 5.74) is 3.60. The molecule has 9 nitrogen and oxygen atoms in total. The molecule has 0 unspecified atom stereocenters. The third-order valence-corrected chi connectivity index (χ3v) is 11.7. The van der Waals surface area contributed by atoms with Crippen molar-refractivity contribution < 1.29 is 33.4 Å². The number of ketones is 2. The van der Waals surface area contributed by atoms with Crippen LogP contribution >= 0.6 is 11.6 Å². The number of phenols is 1. The number of imide groups is 1. The quantitative estimate of drug-likeness (QED) is 0.177. The van der Waals surface area contributed by atoms with Crippen LogP contribution in [0, 0.1) is 29.1 Å². The molecule has 0 radical (unpaired) electrons. The molecule has 0 bridgehead atoms. The van der Waals surface area contributed by atoms with Crippen LogP contribution in [-0.2, 0) is 19.2 Å². The number of aromatic hydroxyl groups is 1. The summed E-state index contributed by atoms with van der Waals surface area (Å²) in [7, 11) is 1.41. The Hall–Kier alpha value is -5.02. The van der Waals surface area contributed by atoms with Crippen LogP contribution in [0.4, 0.5) is 5.69 Å². The molecule has 10 heteroatoms. The Morgan fingerprint density at radius 1 is 0.980 bits per heavy atom. The van der Waals surface area contributed by atoms with Crippen LogP contribution in [0.1, 0.15) is 45.1 Å². The highest BCUT2D eigenvalue weighted by Gasteiger charge is 2.64. The number of hydrogen-bond donors (Lipinski definition) is 1. The van der Waals surface area contributed by atoms with E-state index >= 15 is 0 Å². The van der Waals surface area contributed by atoms with Gasteiger partial charge in [0.05, 0.1) is 35.1 Å². The largest absolute Gasteiger partial charge is 0.503 e. The number of fused-ring (bicyclic) bond motifs is 5. The molecule has 3 aromatic carbocycles. The SMILES string of the molecule is COc1cc([C@H]2C3=CC[C@@H]4C(=O)N(c5ccc(-c6nc7ccccc7o6)cc5)C(=O)[C@@H]4[C@@H]3C[C@H]3C(=O)C(C)=C(C)C(=O)[C@@]23C)cc(Cl)c1O. The van der Waals surface area contributed by atoms with Gasteiger partial charge in [0, 0.05) is 17.4 Å². The molecule has 1 saturated heterocycles. The average molecular weight is 677 g/mol. The van der Waals surface area contributed by atoms with E-state index in [2.05, 4.69) is 4.98 Å². The smallest absolute Gasteiger partial charge is 0.238 e. The standard InChI is InChI=1S/C39H33ClN2O7/c1-18-19(2)35(45)39(3)26(33(18)43)17-25-23(32(39)21-15-27(40)34(44)30(16-21)48-4)13-14-24-31(25)38(47)42(37(24)46)22-11-9-20(10-12-22)36-41-28-7-5-6-8-29(28)49-36/h5-13,15-16,24-26,31-32,44H,14,17H2,1-4H3/t24-,25+,26-,31-,32-,39+/m0/s1. The Morgan fingerprint density at radius 3 is 2.43 bits per heavy atom. The van der Waals surface area contributed by atoms with E-state index in [0.29, 0.717) is 45.9 Å². The molecule has 0 spiro atoms. The van der Waals surface area contributed by atoms with Gasteiger partial charge in [-0.1, -0.05) is 42.3 Å². The number of carbonyl (C=O) groups is 4. The van der Waals surface area contributed by atoms with Gasteiger partial charge in [-0.3, -0.25) is 24.1 Å². The van der Waals surface area contributed by atoms with Crippen LogP contribution in [0.15, 0.2) is 87.9 Å². The van der Waals surface area contributed by atoms with Crippen molar-refractivity contribution in [3.8, 4) is 23.0 Å². The molecule has 8 rings (SSSR count). The summed E-state index contributed by atoms with van der Waals surface area (Å²) in [5, 5.41) is 10.6. The third-order valence-electron chi connectivity index (χ3n) is 11.4. The molecule has 248 valence electrons. The number of rotatable bonds is 4. The van der Waals surface area contributed by atoms with Crippen LogP contribution in [0.3, 0.4) is 0 Å². The molecule has 1 saturated carbocycles. The lowest BCUT2D eigenvalue weighted by Gasteiger charge is -2.54. The van der Waals surface area contributed by atoms with Gasteiger partial charge in [0.15, 0.2) is 28.6 Å². The van der Waals surface area contributed by atoms with E-state index in [1.807, 2.05) is 37.3 Å². The zero-order valence-electron chi connectivity index (χ0n) is 27.3. The fourth-order valence-electron chi connectivity index (χ4n) is 8.88. The van der Waals surface area contributed by atoms with Crippen molar-refractivity contribution in [2.45, 2.75) is 39.5 Å². The first kappa shape index (κ1) is 31.3. The van der Waals surface area contributed by atoms with Crippen molar-refractivity contribution in [1.29, 1.82) is 0 Å². The molecule has 49 heavy (non-hydrogen) atoms. The monoisotopic (exact) mass is 676 g/mol. The van der Waals surface area contributed by atoms with Gasteiger partial charge in [-0.15, -0.1) is 0 Å². The lowest BCUT2D eigenvalue weighted by molar-refractivity contribution is -0.142. The topological polar surface area (TPSA) is 127 Å². The molecular formula is C39H33ClN2O7. The molecule has 1 N–H and O–H groups in total. The molecule has 3 aliphatic carbocycles. The van der Waals surface area contributed by atoms with Crippen molar-refractivity contribution >= 4 is 51.8 Å². The zero-order chi connectivity index (χ0) is 34.5. The van der Waals surface area contributed by atoms with Crippen LogP contribution in [0.25, 0.3) is 22.6 Å². The number of methoxy groups -OCH3 is 1. The number of Topliss-reactive ketones (excluding diaryl/α,β-unsaturated/α-hetero) is 2. The zero-order valence-corrected chi connectivity index (χ0v) is 28.1. The van der Waals surface area contributed by atoms with Gasteiger partial charge in [0.25, 0.3) is 0 Å². The van der Waals surface area contributed by atoms with Crippen LogP contribution < -0.4 is 9.64 Å². The maximum absolute atomic E-state index is 14.4. The maximum Gasteiger partial charge on any atom is 0.238 e.